The highest BCUT2D eigenvalue weighted by Crippen LogP contribution is 2.23. The molecule has 1 heterocycles. The first kappa shape index (κ1) is 14.6. The van der Waals surface area contributed by atoms with E-state index in [0.717, 1.165) is 5.69 Å². The minimum absolute atomic E-state index is 0.0216. The molecule has 20 heavy (non-hydrogen) atoms. The second kappa shape index (κ2) is 6.57. The fraction of sp³-hybridized carbons (Fsp3) is 0.267. The predicted molar refractivity (Wildman–Crippen MR) is 78.7 cm³/mol. The molecule has 0 aliphatic carbocycles. The van der Waals surface area contributed by atoms with Crippen molar-refractivity contribution in [2.24, 2.45) is 0 Å². The summed E-state index contributed by atoms with van der Waals surface area (Å²) in [6.07, 6.45) is 1.68. The zero-order valence-electron chi connectivity index (χ0n) is 11.4. The fourth-order valence-corrected chi connectivity index (χ4v) is 1.91. The number of ether oxygens (including phenoxy) is 1. The molecule has 0 fully saturated rings. The van der Waals surface area contributed by atoms with Gasteiger partial charge in [0.2, 0.25) is 5.88 Å². The van der Waals surface area contributed by atoms with Crippen LogP contribution in [-0.2, 0) is 6.54 Å². The number of halogens is 2. The van der Waals surface area contributed by atoms with Crippen molar-refractivity contribution in [1.82, 2.24) is 4.98 Å². The molecule has 1 aromatic heterocycles. The summed E-state index contributed by atoms with van der Waals surface area (Å²) < 4.78 is 19.2. The van der Waals surface area contributed by atoms with Gasteiger partial charge in [-0.05, 0) is 44.2 Å². The molecule has 0 spiro atoms. The number of nitrogens with one attached hydrogen (secondary N) is 1. The largest absolute Gasteiger partial charge is 0.473 e. The molecule has 0 unspecified atom stereocenters. The van der Waals surface area contributed by atoms with Gasteiger partial charge in [-0.15, -0.1) is 0 Å². The lowest BCUT2D eigenvalue weighted by molar-refractivity contribution is 0.234. The summed E-state index contributed by atoms with van der Waals surface area (Å²) in [7, 11) is 0. The molecule has 3 nitrogen and oxygen atoms in total. The molecule has 1 aromatic carbocycles. The van der Waals surface area contributed by atoms with Crippen molar-refractivity contribution >= 4 is 17.3 Å². The van der Waals surface area contributed by atoms with E-state index in [4.69, 9.17) is 16.3 Å². The van der Waals surface area contributed by atoms with Crippen molar-refractivity contribution in [3.63, 3.8) is 0 Å². The van der Waals surface area contributed by atoms with Gasteiger partial charge in [0, 0.05) is 23.3 Å². The van der Waals surface area contributed by atoms with Crippen LogP contribution in [0.5, 0.6) is 5.88 Å². The van der Waals surface area contributed by atoms with E-state index in [0.29, 0.717) is 23.0 Å². The standard InChI is InChI=1S/C15H16ClFN2O/c1-10(2)20-15-14(4-3-7-18-15)19-9-11-8-12(16)5-6-13(11)17/h3-8,10,19H,9H2,1-2H3. The minimum atomic E-state index is -0.294. The van der Waals surface area contributed by atoms with E-state index in [1.165, 1.54) is 12.1 Å². The average molecular weight is 295 g/mol. The number of benzene rings is 1. The van der Waals surface area contributed by atoms with E-state index >= 15 is 0 Å². The van der Waals surface area contributed by atoms with Crippen molar-refractivity contribution in [1.29, 1.82) is 0 Å². The van der Waals surface area contributed by atoms with Gasteiger partial charge < -0.3 is 10.1 Å². The Morgan fingerprint density at radius 1 is 1.35 bits per heavy atom. The molecule has 106 valence electrons. The Balaban J connectivity index is 2.12. The highest BCUT2D eigenvalue weighted by Gasteiger charge is 2.08. The van der Waals surface area contributed by atoms with Crippen molar-refractivity contribution in [3.05, 3.63) is 52.9 Å². The SMILES string of the molecule is CC(C)Oc1ncccc1NCc1cc(Cl)ccc1F. The lowest BCUT2D eigenvalue weighted by Gasteiger charge is -2.14. The molecule has 0 amide bonds. The van der Waals surface area contributed by atoms with Crippen molar-refractivity contribution < 1.29 is 9.13 Å². The van der Waals surface area contributed by atoms with Crippen LogP contribution in [0.25, 0.3) is 0 Å². The van der Waals surface area contributed by atoms with E-state index in [9.17, 15) is 4.39 Å². The van der Waals surface area contributed by atoms with Crippen LogP contribution in [-0.4, -0.2) is 11.1 Å². The Hall–Kier alpha value is -1.81. The molecule has 5 heteroatoms. The first-order valence-electron chi connectivity index (χ1n) is 6.35. The Morgan fingerprint density at radius 2 is 2.15 bits per heavy atom. The summed E-state index contributed by atoms with van der Waals surface area (Å²) in [4.78, 5) is 4.17. The molecular formula is C15H16ClFN2O. The second-order valence-corrected chi connectivity index (χ2v) is 5.05. The van der Waals surface area contributed by atoms with E-state index in [-0.39, 0.29) is 11.9 Å². The average Bonchev–Trinajstić information content (AvgIpc) is 2.41. The van der Waals surface area contributed by atoms with Gasteiger partial charge in [0.1, 0.15) is 5.82 Å². The number of rotatable bonds is 5. The third-order valence-corrected chi connectivity index (χ3v) is 2.83. The smallest absolute Gasteiger partial charge is 0.237 e. The molecule has 0 aliphatic heterocycles. The Bertz CT molecular complexity index is 590. The Kier molecular flexibility index (Phi) is 4.79. The van der Waals surface area contributed by atoms with E-state index in [1.807, 2.05) is 19.9 Å². The van der Waals surface area contributed by atoms with Gasteiger partial charge >= 0.3 is 0 Å². The van der Waals surface area contributed by atoms with Gasteiger partial charge in [0.05, 0.1) is 11.8 Å². The monoisotopic (exact) mass is 294 g/mol. The van der Waals surface area contributed by atoms with Crippen molar-refractivity contribution in [2.75, 3.05) is 5.32 Å². The summed E-state index contributed by atoms with van der Waals surface area (Å²) in [5.74, 6) is 0.210. The maximum absolute atomic E-state index is 13.6. The maximum Gasteiger partial charge on any atom is 0.237 e. The number of hydrogen-bond acceptors (Lipinski definition) is 3. The number of hydrogen-bond donors (Lipinski definition) is 1. The van der Waals surface area contributed by atoms with E-state index in [1.54, 1.807) is 18.3 Å². The molecule has 0 aliphatic rings. The third-order valence-electron chi connectivity index (χ3n) is 2.60. The van der Waals surface area contributed by atoms with Gasteiger partial charge in [-0.1, -0.05) is 11.6 Å². The summed E-state index contributed by atoms with van der Waals surface area (Å²) in [5, 5.41) is 3.62. The van der Waals surface area contributed by atoms with Crippen molar-refractivity contribution in [2.45, 2.75) is 26.5 Å². The van der Waals surface area contributed by atoms with Crippen LogP contribution in [0.15, 0.2) is 36.5 Å². The molecule has 2 aromatic rings. The lowest BCUT2D eigenvalue weighted by atomic mass is 10.2. The van der Waals surface area contributed by atoms with Crippen LogP contribution in [0.1, 0.15) is 19.4 Å². The summed E-state index contributed by atoms with van der Waals surface area (Å²) >= 11 is 5.87. The zero-order chi connectivity index (χ0) is 14.5. The van der Waals surface area contributed by atoms with Gasteiger partial charge in [0.25, 0.3) is 0 Å². The highest BCUT2D eigenvalue weighted by molar-refractivity contribution is 6.30. The van der Waals surface area contributed by atoms with Crippen LogP contribution in [0.4, 0.5) is 10.1 Å². The van der Waals surface area contributed by atoms with E-state index < -0.39 is 0 Å². The topological polar surface area (TPSA) is 34.1 Å². The quantitative estimate of drug-likeness (QED) is 0.894. The molecule has 0 saturated heterocycles. The number of pyridine rings is 1. The van der Waals surface area contributed by atoms with Crippen LogP contribution in [0.3, 0.4) is 0 Å². The molecule has 0 atom stereocenters. The number of nitrogens with zero attached hydrogens (tertiary/aromatic N) is 1. The molecule has 0 bridgehead atoms. The van der Waals surface area contributed by atoms with Crippen LogP contribution in [0.2, 0.25) is 5.02 Å². The van der Waals surface area contributed by atoms with Crippen molar-refractivity contribution in [3.8, 4) is 5.88 Å². The predicted octanol–water partition coefficient (Wildman–Crippen LogP) is 4.27. The molecule has 2 rings (SSSR count). The van der Waals surface area contributed by atoms with Gasteiger partial charge in [0.15, 0.2) is 0 Å². The van der Waals surface area contributed by atoms with Gasteiger partial charge in [-0.25, -0.2) is 9.37 Å². The molecule has 0 saturated carbocycles. The lowest BCUT2D eigenvalue weighted by Crippen LogP contribution is -2.10. The first-order valence-corrected chi connectivity index (χ1v) is 6.73. The number of anilines is 1. The fourth-order valence-electron chi connectivity index (χ4n) is 1.71. The second-order valence-electron chi connectivity index (χ2n) is 4.61. The van der Waals surface area contributed by atoms with Crippen LogP contribution >= 0.6 is 11.6 Å². The molecular weight excluding hydrogens is 279 g/mol. The summed E-state index contributed by atoms with van der Waals surface area (Å²) in [6, 6.07) is 8.12. The van der Waals surface area contributed by atoms with E-state index in [2.05, 4.69) is 10.3 Å². The normalized spacial score (nSPS) is 10.7. The highest BCUT2D eigenvalue weighted by atomic mass is 35.5. The summed E-state index contributed by atoms with van der Waals surface area (Å²) in [5.41, 5.74) is 1.22. The minimum Gasteiger partial charge on any atom is -0.473 e. The van der Waals surface area contributed by atoms with Gasteiger partial charge in [-0.2, -0.15) is 0 Å². The molecule has 1 N–H and O–H groups in total. The molecule has 0 radical (unpaired) electrons. The Labute approximate surface area is 122 Å². The zero-order valence-corrected chi connectivity index (χ0v) is 12.1. The Morgan fingerprint density at radius 3 is 2.90 bits per heavy atom. The van der Waals surface area contributed by atoms with Crippen LogP contribution < -0.4 is 10.1 Å². The van der Waals surface area contributed by atoms with Gasteiger partial charge in [-0.3, -0.25) is 0 Å². The summed E-state index contributed by atoms with van der Waals surface area (Å²) in [6.45, 7) is 4.16. The number of aromatic nitrogens is 1. The van der Waals surface area contributed by atoms with Crippen LogP contribution in [0, 0.1) is 5.82 Å². The maximum atomic E-state index is 13.6. The third kappa shape index (κ3) is 3.84. The first-order chi connectivity index (χ1) is 9.56.